The Bertz CT molecular complexity index is 781. The van der Waals surface area contributed by atoms with Crippen LogP contribution in [0, 0.1) is 13.8 Å². The van der Waals surface area contributed by atoms with E-state index in [0.29, 0.717) is 12.4 Å². The number of anilines is 1. The number of rotatable bonds is 9. The molecule has 150 valence electrons. The summed E-state index contributed by atoms with van der Waals surface area (Å²) in [4.78, 5) is 24.3. The predicted octanol–water partition coefficient (Wildman–Crippen LogP) is 4.04. The standard InChI is InChI=1S/C22H27NO5/c1-5-26-18-9-11-19(12-10-18)27-14-13-20(24)28-17(4)22(25)23-21-15(2)7-6-8-16(21)3/h6-12,17H,5,13-14H2,1-4H3,(H,23,25). The Morgan fingerprint density at radius 2 is 1.54 bits per heavy atom. The number of esters is 1. The van der Waals surface area contributed by atoms with Gasteiger partial charge in [0.2, 0.25) is 0 Å². The first kappa shape index (κ1) is 21.3. The molecule has 6 nitrogen and oxygen atoms in total. The normalized spacial score (nSPS) is 11.4. The zero-order valence-electron chi connectivity index (χ0n) is 16.8. The molecule has 0 aliphatic carbocycles. The third-order valence-electron chi connectivity index (χ3n) is 4.12. The minimum absolute atomic E-state index is 0.0498. The van der Waals surface area contributed by atoms with Gasteiger partial charge in [-0.1, -0.05) is 18.2 Å². The Hall–Kier alpha value is -3.02. The Morgan fingerprint density at radius 3 is 2.11 bits per heavy atom. The monoisotopic (exact) mass is 385 g/mol. The van der Waals surface area contributed by atoms with Gasteiger partial charge in [-0.15, -0.1) is 0 Å². The zero-order chi connectivity index (χ0) is 20.5. The first-order valence-corrected chi connectivity index (χ1v) is 9.33. The summed E-state index contributed by atoms with van der Waals surface area (Å²) in [5.74, 6) is 0.545. The summed E-state index contributed by atoms with van der Waals surface area (Å²) in [6, 6.07) is 12.9. The van der Waals surface area contributed by atoms with E-state index in [-0.39, 0.29) is 18.9 Å². The minimum Gasteiger partial charge on any atom is -0.494 e. The van der Waals surface area contributed by atoms with Crippen molar-refractivity contribution < 1.29 is 23.8 Å². The van der Waals surface area contributed by atoms with Crippen LogP contribution in [0.3, 0.4) is 0 Å². The van der Waals surface area contributed by atoms with Gasteiger partial charge in [-0.25, -0.2) is 0 Å². The van der Waals surface area contributed by atoms with Crippen molar-refractivity contribution in [2.75, 3.05) is 18.5 Å². The summed E-state index contributed by atoms with van der Waals surface area (Å²) < 4.78 is 16.1. The van der Waals surface area contributed by atoms with Gasteiger partial charge in [0.15, 0.2) is 6.10 Å². The van der Waals surface area contributed by atoms with E-state index in [1.807, 2.05) is 39.0 Å². The smallest absolute Gasteiger partial charge is 0.310 e. The number of hydrogen-bond donors (Lipinski definition) is 1. The molecule has 2 rings (SSSR count). The Kier molecular flexibility index (Phi) is 7.87. The third-order valence-corrected chi connectivity index (χ3v) is 4.12. The highest BCUT2D eigenvalue weighted by Gasteiger charge is 2.19. The van der Waals surface area contributed by atoms with Crippen molar-refractivity contribution >= 4 is 17.6 Å². The molecular weight excluding hydrogens is 358 g/mol. The van der Waals surface area contributed by atoms with E-state index in [2.05, 4.69) is 5.32 Å². The molecule has 0 heterocycles. The first-order chi connectivity index (χ1) is 13.4. The van der Waals surface area contributed by atoms with Crippen LogP contribution in [0.15, 0.2) is 42.5 Å². The van der Waals surface area contributed by atoms with Crippen molar-refractivity contribution in [2.24, 2.45) is 0 Å². The molecule has 0 saturated heterocycles. The van der Waals surface area contributed by atoms with Crippen molar-refractivity contribution in [3.05, 3.63) is 53.6 Å². The number of carbonyl (C=O) groups is 2. The molecule has 2 aromatic rings. The van der Waals surface area contributed by atoms with Crippen LogP contribution < -0.4 is 14.8 Å². The van der Waals surface area contributed by atoms with E-state index in [9.17, 15) is 9.59 Å². The fraction of sp³-hybridized carbons (Fsp3) is 0.364. The number of carbonyl (C=O) groups excluding carboxylic acids is 2. The van der Waals surface area contributed by atoms with Crippen LogP contribution in [-0.4, -0.2) is 31.2 Å². The maximum atomic E-state index is 12.3. The van der Waals surface area contributed by atoms with Crippen molar-refractivity contribution in [3.8, 4) is 11.5 Å². The molecule has 28 heavy (non-hydrogen) atoms. The molecular formula is C22H27NO5. The van der Waals surface area contributed by atoms with Crippen molar-refractivity contribution in [1.82, 2.24) is 0 Å². The van der Waals surface area contributed by atoms with Crippen LogP contribution in [-0.2, 0) is 14.3 Å². The number of aryl methyl sites for hydroxylation is 2. The highest BCUT2D eigenvalue weighted by Crippen LogP contribution is 2.20. The van der Waals surface area contributed by atoms with Crippen LogP contribution in [0.4, 0.5) is 5.69 Å². The van der Waals surface area contributed by atoms with E-state index < -0.39 is 12.1 Å². The van der Waals surface area contributed by atoms with Gasteiger partial charge >= 0.3 is 5.97 Å². The molecule has 1 N–H and O–H groups in total. The molecule has 0 aromatic heterocycles. The van der Waals surface area contributed by atoms with Crippen LogP contribution in [0.5, 0.6) is 11.5 Å². The second-order valence-corrected chi connectivity index (χ2v) is 6.39. The second-order valence-electron chi connectivity index (χ2n) is 6.39. The molecule has 0 fully saturated rings. The van der Waals surface area contributed by atoms with Crippen molar-refractivity contribution in [3.63, 3.8) is 0 Å². The lowest BCUT2D eigenvalue weighted by Crippen LogP contribution is -2.30. The molecule has 2 aromatic carbocycles. The summed E-state index contributed by atoms with van der Waals surface area (Å²) in [5, 5.41) is 2.82. The number of benzene rings is 2. The van der Waals surface area contributed by atoms with Crippen LogP contribution in [0.25, 0.3) is 0 Å². The largest absolute Gasteiger partial charge is 0.494 e. The van der Waals surface area contributed by atoms with Gasteiger partial charge in [-0.2, -0.15) is 0 Å². The van der Waals surface area contributed by atoms with Gasteiger partial charge in [0.05, 0.1) is 19.6 Å². The summed E-state index contributed by atoms with van der Waals surface area (Å²) in [7, 11) is 0. The lowest BCUT2D eigenvalue weighted by molar-refractivity contribution is -0.153. The maximum Gasteiger partial charge on any atom is 0.310 e. The fourth-order valence-electron chi connectivity index (χ4n) is 2.60. The van der Waals surface area contributed by atoms with Gasteiger partial charge in [-0.05, 0) is 63.1 Å². The zero-order valence-corrected chi connectivity index (χ0v) is 16.8. The van der Waals surface area contributed by atoms with E-state index in [1.165, 1.54) is 0 Å². The molecule has 1 amide bonds. The summed E-state index contributed by atoms with van der Waals surface area (Å²) in [5.41, 5.74) is 2.65. The highest BCUT2D eigenvalue weighted by atomic mass is 16.5. The maximum absolute atomic E-state index is 12.3. The molecule has 0 bridgehead atoms. The number of para-hydroxylation sites is 1. The molecule has 6 heteroatoms. The lowest BCUT2D eigenvalue weighted by Gasteiger charge is -2.16. The van der Waals surface area contributed by atoms with Gasteiger partial charge in [0.1, 0.15) is 11.5 Å². The molecule has 1 atom stereocenters. The fourth-order valence-corrected chi connectivity index (χ4v) is 2.60. The number of hydrogen-bond acceptors (Lipinski definition) is 5. The Balaban J connectivity index is 1.76. The van der Waals surface area contributed by atoms with Gasteiger partial charge in [0, 0.05) is 5.69 Å². The van der Waals surface area contributed by atoms with Gasteiger partial charge in [-0.3, -0.25) is 9.59 Å². The molecule has 0 aliphatic rings. The number of ether oxygens (including phenoxy) is 3. The second kappa shape index (κ2) is 10.3. The average molecular weight is 385 g/mol. The number of nitrogens with one attached hydrogen (secondary N) is 1. The minimum atomic E-state index is -0.892. The predicted molar refractivity (Wildman–Crippen MR) is 108 cm³/mol. The summed E-state index contributed by atoms with van der Waals surface area (Å²) in [6.45, 7) is 8.06. The topological polar surface area (TPSA) is 73.9 Å². The number of amides is 1. The van der Waals surface area contributed by atoms with Crippen molar-refractivity contribution in [1.29, 1.82) is 0 Å². The quantitative estimate of drug-likeness (QED) is 0.660. The molecule has 1 unspecified atom stereocenters. The van der Waals surface area contributed by atoms with E-state index >= 15 is 0 Å². The van der Waals surface area contributed by atoms with E-state index in [4.69, 9.17) is 14.2 Å². The summed E-state index contributed by atoms with van der Waals surface area (Å²) >= 11 is 0. The average Bonchev–Trinajstić information content (AvgIpc) is 2.66. The van der Waals surface area contributed by atoms with Crippen LogP contribution in [0.2, 0.25) is 0 Å². The van der Waals surface area contributed by atoms with Crippen molar-refractivity contribution in [2.45, 2.75) is 40.2 Å². The summed E-state index contributed by atoms with van der Waals surface area (Å²) in [6.07, 6.45) is -0.842. The van der Waals surface area contributed by atoms with E-state index in [1.54, 1.807) is 31.2 Å². The SMILES string of the molecule is CCOc1ccc(OCCC(=O)OC(C)C(=O)Nc2c(C)cccc2C)cc1. The third kappa shape index (κ3) is 6.30. The van der Waals surface area contributed by atoms with E-state index in [0.717, 1.165) is 22.6 Å². The molecule has 0 saturated carbocycles. The first-order valence-electron chi connectivity index (χ1n) is 9.33. The molecule has 0 spiro atoms. The molecule has 0 radical (unpaired) electrons. The van der Waals surface area contributed by atoms with Gasteiger partial charge < -0.3 is 19.5 Å². The van der Waals surface area contributed by atoms with Crippen LogP contribution >= 0.6 is 0 Å². The van der Waals surface area contributed by atoms with Crippen LogP contribution in [0.1, 0.15) is 31.4 Å². The Labute approximate surface area is 165 Å². The Morgan fingerprint density at radius 1 is 0.964 bits per heavy atom. The highest BCUT2D eigenvalue weighted by molar-refractivity contribution is 5.96. The van der Waals surface area contributed by atoms with Gasteiger partial charge in [0.25, 0.3) is 5.91 Å². The lowest BCUT2D eigenvalue weighted by atomic mass is 10.1. The molecule has 0 aliphatic heterocycles.